The van der Waals surface area contributed by atoms with Gasteiger partial charge < -0.3 is 10.2 Å². The first kappa shape index (κ1) is 17.4. The Bertz CT molecular complexity index is 894. The molecule has 3 aromatic rings. The molecule has 8 heteroatoms. The second kappa shape index (κ2) is 7.23. The molecule has 0 saturated carbocycles. The number of pyridine rings is 1. The molecule has 0 amide bonds. The van der Waals surface area contributed by atoms with Crippen LogP contribution in [0.3, 0.4) is 0 Å². The van der Waals surface area contributed by atoms with Gasteiger partial charge in [0.1, 0.15) is 17.9 Å². The lowest BCUT2D eigenvalue weighted by atomic mass is 10.1. The van der Waals surface area contributed by atoms with Gasteiger partial charge in [0.2, 0.25) is 5.28 Å². The Balaban J connectivity index is 2.04. The van der Waals surface area contributed by atoms with E-state index in [1.54, 1.807) is 6.20 Å². The fraction of sp³-hybridized carbons (Fsp3) is 0.412. The van der Waals surface area contributed by atoms with E-state index in [0.717, 1.165) is 17.7 Å². The van der Waals surface area contributed by atoms with Gasteiger partial charge in [-0.1, -0.05) is 25.1 Å². The van der Waals surface area contributed by atoms with Crippen LogP contribution in [-0.4, -0.2) is 31.5 Å². The van der Waals surface area contributed by atoms with Crippen LogP contribution in [0.15, 0.2) is 18.3 Å². The minimum atomic E-state index is 0.146. The van der Waals surface area contributed by atoms with Gasteiger partial charge in [-0.25, -0.2) is 9.97 Å². The zero-order chi connectivity index (χ0) is 18.0. The Hall–Kier alpha value is -2.41. The summed E-state index contributed by atoms with van der Waals surface area (Å²) in [6, 6.07) is 3.85. The predicted molar refractivity (Wildman–Crippen MR) is 98.2 cm³/mol. The molecule has 0 radical (unpaired) electrons. The first-order valence-electron chi connectivity index (χ1n) is 8.23. The Morgan fingerprint density at radius 2 is 2.12 bits per heavy atom. The molecule has 3 rings (SSSR count). The smallest absolute Gasteiger partial charge is 0.225 e. The molecule has 1 N–H and O–H groups in total. The van der Waals surface area contributed by atoms with Crippen molar-refractivity contribution in [2.75, 3.05) is 11.9 Å². The van der Waals surface area contributed by atoms with E-state index in [1.807, 2.05) is 26.0 Å². The first-order chi connectivity index (χ1) is 12.0. The number of rotatable bonds is 6. The average molecular weight is 361 g/mol. The number of aromatic nitrogens is 5. The normalized spacial score (nSPS) is 12.4. The molecule has 0 fully saturated rings. The molecule has 0 aliphatic heterocycles. The van der Waals surface area contributed by atoms with Gasteiger partial charge in [0.05, 0.1) is 5.69 Å². The number of anilines is 2. The van der Waals surface area contributed by atoms with Crippen LogP contribution < -0.4 is 10.2 Å². The zero-order valence-corrected chi connectivity index (χ0v) is 15.5. The first-order valence-corrected chi connectivity index (χ1v) is 8.61. The third kappa shape index (κ3) is 3.82. The lowest BCUT2D eigenvalue weighted by molar-refractivity contribution is 0.0672. The molecule has 0 bridgehead atoms. The topological polar surface area (TPSA) is 77.8 Å². The number of hydrogen-bond donors (Lipinski definition) is 1. The molecule has 0 spiro atoms. The number of fused-ring (bicyclic) bond motifs is 1. The Morgan fingerprint density at radius 3 is 2.84 bits per heavy atom. The van der Waals surface area contributed by atoms with E-state index >= 15 is 0 Å². The second-order valence-electron chi connectivity index (χ2n) is 6.15. The van der Waals surface area contributed by atoms with Crippen molar-refractivity contribution in [3.05, 3.63) is 34.9 Å². The summed E-state index contributed by atoms with van der Waals surface area (Å²) in [7, 11) is 0. The molecular weight excluding hydrogens is 340 g/mol. The Labute approximate surface area is 151 Å². The van der Waals surface area contributed by atoms with Crippen molar-refractivity contribution in [3.8, 4) is 0 Å². The molecule has 25 heavy (non-hydrogen) atoms. The van der Waals surface area contributed by atoms with Gasteiger partial charge in [-0.15, -0.1) is 5.10 Å². The maximum Gasteiger partial charge on any atom is 0.225 e. The largest absolute Gasteiger partial charge is 0.396 e. The second-order valence-corrected chi connectivity index (χ2v) is 6.49. The predicted octanol–water partition coefficient (Wildman–Crippen LogP) is 3.71. The minimum Gasteiger partial charge on any atom is -0.396 e. The number of hydrogen-bond acceptors (Lipinski definition) is 6. The molecular formula is C17H21ClN6O. The van der Waals surface area contributed by atoms with Crippen LogP contribution in [0.4, 0.5) is 11.6 Å². The summed E-state index contributed by atoms with van der Waals surface area (Å²) in [6.45, 7) is 8.67. The quantitative estimate of drug-likeness (QED) is 0.675. The summed E-state index contributed by atoms with van der Waals surface area (Å²) in [5.74, 6) is 1.60. The monoisotopic (exact) mass is 360 g/mol. The van der Waals surface area contributed by atoms with Crippen LogP contribution in [0, 0.1) is 19.8 Å². The summed E-state index contributed by atoms with van der Waals surface area (Å²) >= 11 is 6.09. The number of halogens is 1. The summed E-state index contributed by atoms with van der Waals surface area (Å²) in [5.41, 5.74) is 3.11. The van der Waals surface area contributed by atoms with E-state index in [1.165, 1.54) is 4.85 Å². The number of nitrogens with zero attached hydrogens (tertiary/aromatic N) is 5. The van der Waals surface area contributed by atoms with E-state index < -0.39 is 0 Å². The van der Waals surface area contributed by atoms with Gasteiger partial charge >= 0.3 is 0 Å². The van der Waals surface area contributed by atoms with Gasteiger partial charge in [0.25, 0.3) is 0 Å². The highest BCUT2D eigenvalue weighted by molar-refractivity contribution is 6.28. The highest BCUT2D eigenvalue weighted by Crippen LogP contribution is 2.26. The molecule has 1 unspecified atom stereocenters. The van der Waals surface area contributed by atoms with Crippen molar-refractivity contribution in [1.29, 1.82) is 0 Å². The van der Waals surface area contributed by atoms with Crippen molar-refractivity contribution >= 4 is 34.3 Å². The van der Waals surface area contributed by atoms with Crippen molar-refractivity contribution in [2.45, 2.75) is 34.1 Å². The van der Waals surface area contributed by atoms with Gasteiger partial charge in [0.15, 0.2) is 11.3 Å². The SMILES string of the molecule is CCC(C)COn1nc(C)c2nc(Cl)nc(Nc3cc(C)ccn3)c21. The molecule has 0 aliphatic carbocycles. The van der Waals surface area contributed by atoms with Crippen molar-refractivity contribution < 1.29 is 4.84 Å². The van der Waals surface area contributed by atoms with Gasteiger partial charge in [-0.3, -0.25) is 0 Å². The van der Waals surface area contributed by atoms with Crippen LogP contribution in [0.1, 0.15) is 31.5 Å². The molecule has 3 aromatic heterocycles. The number of aryl methyl sites for hydroxylation is 2. The summed E-state index contributed by atoms with van der Waals surface area (Å²) in [4.78, 5) is 20.2. The van der Waals surface area contributed by atoms with Crippen LogP contribution in [-0.2, 0) is 0 Å². The molecule has 0 aromatic carbocycles. The minimum absolute atomic E-state index is 0.146. The Morgan fingerprint density at radius 1 is 1.32 bits per heavy atom. The van der Waals surface area contributed by atoms with Crippen molar-refractivity contribution in [1.82, 2.24) is 24.9 Å². The van der Waals surface area contributed by atoms with Crippen LogP contribution in [0.2, 0.25) is 5.28 Å². The van der Waals surface area contributed by atoms with E-state index in [0.29, 0.717) is 35.2 Å². The van der Waals surface area contributed by atoms with Gasteiger partial charge in [-0.05, 0) is 49.1 Å². The van der Waals surface area contributed by atoms with E-state index in [4.69, 9.17) is 16.4 Å². The number of nitrogens with one attached hydrogen (secondary N) is 1. The molecule has 3 heterocycles. The standard InChI is InChI=1S/C17H21ClN6O/c1-5-10(2)9-25-24-15-14(12(4)23-24)21-17(18)22-16(15)20-13-8-11(3)6-7-19-13/h6-8,10H,5,9H2,1-4H3,(H,19,20,21,22). The highest BCUT2D eigenvalue weighted by Gasteiger charge is 2.18. The fourth-order valence-corrected chi connectivity index (χ4v) is 2.49. The maximum absolute atomic E-state index is 6.09. The zero-order valence-electron chi connectivity index (χ0n) is 14.7. The molecule has 0 aliphatic rings. The fourth-order valence-electron chi connectivity index (χ4n) is 2.32. The third-order valence-electron chi connectivity index (χ3n) is 3.97. The summed E-state index contributed by atoms with van der Waals surface area (Å²) < 4.78 is 0. The molecule has 132 valence electrons. The van der Waals surface area contributed by atoms with Crippen molar-refractivity contribution in [3.63, 3.8) is 0 Å². The molecule has 1 atom stereocenters. The van der Waals surface area contributed by atoms with E-state index in [9.17, 15) is 0 Å². The molecule has 0 saturated heterocycles. The summed E-state index contributed by atoms with van der Waals surface area (Å²) in [5, 5.41) is 7.77. The summed E-state index contributed by atoms with van der Waals surface area (Å²) in [6.07, 6.45) is 2.76. The van der Waals surface area contributed by atoms with Crippen LogP contribution in [0.5, 0.6) is 0 Å². The maximum atomic E-state index is 6.09. The van der Waals surface area contributed by atoms with Crippen molar-refractivity contribution in [2.24, 2.45) is 5.92 Å². The lowest BCUT2D eigenvalue weighted by Crippen LogP contribution is -2.19. The third-order valence-corrected chi connectivity index (χ3v) is 4.14. The average Bonchev–Trinajstić information content (AvgIpc) is 2.89. The van der Waals surface area contributed by atoms with E-state index in [-0.39, 0.29) is 5.28 Å². The lowest BCUT2D eigenvalue weighted by Gasteiger charge is -2.12. The van der Waals surface area contributed by atoms with Gasteiger partial charge in [0, 0.05) is 6.20 Å². The van der Waals surface area contributed by atoms with Crippen LogP contribution >= 0.6 is 11.6 Å². The van der Waals surface area contributed by atoms with E-state index in [2.05, 4.69) is 39.2 Å². The highest BCUT2D eigenvalue weighted by atomic mass is 35.5. The van der Waals surface area contributed by atoms with Gasteiger partial charge in [-0.2, -0.15) is 4.98 Å². The van der Waals surface area contributed by atoms with Crippen LogP contribution in [0.25, 0.3) is 11.0 Å². The Kier molecular flexibility index (Phi) is 5.03. The molecule has 7 nitrogen and oxygen atoms in total.